The summed E-state index contributed by atoms with van der Waals surface area (Å²) >= 11 is 0. The topological polar surface area (TPSA) is 65.2 Å². The Balaban J connectivity index is 1.52. The number of H-pyrrole nitrogens is 1. The molecular weight excluding hydrogens is 278 g/mol. The van der Waals surface area contributed by atoms with E-state index in [1.54, 1.807) is 30.6 Å². The third-order valence-electron chi connectivity index (χ3n) is 4.00. The highest BCUT2D eigenvalue weighted by atomic mass is 16.2. The lowest BCUT2D eigenvalue weighted by molar-refractivity contribution is 0.0698. The zero-order valence-electron chi connectivity index (χ0n) is 12.3. The van der Waals surface area contributed by atoms with Gasteiger partial charge in [0.1, 0.15) is 0 Å². The first-order chi connectivity index (χ1) is 10.7. The molecule has 1 fully saturated rings. The molecule has 1 aromatic carbocycles. The number of likely N-dealkylation sites (tertiary alicyclic amines) is 1. The van der Waals surface area contributed by atoms with Crippen LogP contribution in [0.25, 0.3) is 0 Å². The van der Waals surface area contributed by atoms with E-state index in [-0.39, 0.29) is 17.9 Å². The molecule has 2 amide bonds. The number of benzene rings is 1. The molecule has 0 unspecified atom stereocenters. The number of piperidine rings is 1. The predicted octanol–water partition coefficient (Wildman–Crippen LogP) is 2.05. The summed E-state index contributed by atoms with van der Waals surface area (Å²) in [5.41, 5.74) is 1.36. The number of nitrogens with one attached hydrogen (secondary N) is 2. The molecule has 0 bridgehead atoms. The normalized spacial score (nSPS) is 15.5. The Morgan fingerprint density at radius 1 is 1.05 bits per heavy atom. The Bertz CT molecular complexity index is 629. The van der Waals surface area contributed by atoms with Crippen molar-refractivity contribution < 1.29 is 9.59 Å². The minimum absolute atomic E-state index is 0.0454. The molecule has 2 heterocycles. The molecule has 0 spiro atoms. The average molecular weight is 297 g/mol. The summed E-state index contributed by atoms with van der Waals surface area (Å²) in [7, 11) is 0. The molecule has 1 aliphatic rings. The second kappa shape index (κ2) is 6.47. The number of aromatic nitrogens is 1. The van der Waals surface area contributed by atoms with E-state index in [9.17, 15) is 9.59 Å². The Kier molecular flexibility index (Phi) is 4.23. The van der Waals surface area contributed by atoms with Gasteiger partial charge in [0.15, 0.2) is 0 Å². The molecule has 0 saturated carbocycles. The van der Waals surface area contributed by atoms with E-state index < -0.39 is 0 Å². The zero-order valence-corrected chi connectivity index (χ0v) is 12.3. The Morgan fingerprint density at radius 2 is 1.77 bits per heavy atom. The smallest absolute Gasteiger partial charge is 0.255 e. The van der Waals surface area contributed by atoms with Crippen molar-refractivity contribution in [2.75, 3.05) is 13.1 Å². The molecule has 5 heteroatoms. The Hall–Kier alpha value is -2.56. The summed E-state index contributed by atoms with van der Waals surface area (Å²) in [5, 5.41) is 3.05. The van der Waals surface area contributed by atoms with Gasteiger partial charge >= 0.3 is 0 Å². The van der Waals surface area contributed by atoms with E-state index in [0.717, 1.165) is 12.8 Å². The van der Waals surface area contributed by atoms with E-state index in [4.69, 9.17) is 0 Å². The van der Waals surface area contributed by atoms with E-state index in [1.807, 2.05) is 23.1 Å². The van der Waals surface area contributed by atoms with Crippen molar-refractivity contribution in [2.45, 2.75) is 18.9 Å². The second-order valence-electron chi connectivity index (χ2n) is 5.51. The minimum atomic E-state index is -0.0454. The van der Waals surface area contributed by atoms with Crippen LogP contribution in [0.15, 0.2) is 48.8 Å². The van der Waals surface area contributed by atoms with Gasteiger partial charge in [0.25, 0.3) is 11.8 Å². The standard InChI is InChI=1S/C17H19N3O2/c21-16(13-4-2-1-3-5-13)19-15-7-10-20(11-8-15)17(22)14-6-9-18-12-14/h1-6,9,12,15,18H,7-8,10-11H2,(H,19,21). The first-order valence-electron chi connectivity index (χ1n) is 7.52. The van der Waals surface area contributed by atoms with Crippen LogP contribution in [0.3, 0.4) is 0 Å². The number of aromatic amines is 1. The second-order valence-corrected chi connectivity index (χ2v) is 5.51. The molecule has 114 valence electrons. The molecule has 22 heavy (non-hydrogen) atoms. The van der Waals surface area contributed by atoms with Crippen molar-refractivity contribution in [1.29, 1.82) is 0 Å². The monoisotopic (exact) mass is 297 g/mol. The largest absolute Gasteiger partial charge is 0.367 e. The summed E-state index contributed by atoms with van der Waals surface area (Å²) in [5.74, 6) is 0.00472. The van der Waals surface area contributed by atoms with E-state index in [1.165, 1.54) is 0 Å². The molecular formula is C17H19N3O2. The maximum absolute atomic E-state index is 12.2. The van der Waals surface area contributed by atoms with E-state index in [2.05, 4.69) is 10.3 Å². The van der Waals surface area contributed by atoms with Crippen molar-refractivity contribution in [3.05, 3.63) is 59.9 Å². The van der Waals surface area contributed by atoms with E-state index in [0.29, 0.717) is 24.2 Å². The van der Waals surface area contributed by atoms with Gasteiger partial charge in [-0.25, -0.2) is 0 Å². The Morgan fingerprint density at radius 3 is 2.41 bits per heavy atom. The van der Waals surface area contributed by atoms with Crippen molar-refractivity contribution in [2.24, 2.45) is 0 Å². The molecule has 5 nitrogen and oxygen atoms in total. The maximum atomic E-state index is 12.2. The number of carbonyl (C=O) groups is 2. The van der Waals surface area contributed by atoms with Gasteiger partial charge < -0.3 is 15.2 Å². The van der Waals surface area contributed by atoms with Gasteiger partial charge in [0.05, 0.1) is 5.56 Å². The number of amides is 2. The molecule has 0 aliphatic carbocycles. The molecule has 1 saturated heterocycles. The van der Waals surface area contributed by atoms with Gasteiger partial charge in [-0.1, -0.05) is 18.2 Å². The third-order valence-corrected chi connectivity index (χ3v) is 4.00. The lowest BCUT2D eigenvalue weighted by Crippen LogP contribution is -2.46. The molecule has 2 N–H and O–H groups in total. The highest BCUT2D eigenvalue weighted by Crippen LogP contribution is 2.14. The van der Waals surface area contributed by atoms with Gasteiger partial charge in [0, 0.05) is 37.1 Å². The van der Waals surface area contributed by atoms with Gasteiger partial charge in [-0.3, -0.25) is 9.59 Å². The van der Waals surface area contributed by atoms with Gasteiger partial charge in [0.2, 0.25) is 0 Å². The van der Waals surface area contributed by atoms with Crippen molar-refractivity contribution >= 4 is 11.8 Å². The SMILES string of the molecule is O=C(NC1CCN(C(=O)c2cc[nH]c2)CC1)c1ccccc1. The summed E-state index contributed by atoms with van der Waals surface area (Å²) in [6, 6.07) is 11.1. The number of hydrogen-bond acceptors (Lipinski definition) is 2. The van der Waals surface area contributed by atoms with Crippen LogP contribution in [-0.4, -0.2) is 40.8 Å². The molecule has 0 atom stereocenters. The van der Waals surface area contributed by atoms with Gasteiger partial charge in [-0.15, -0.1) is 0 Å². The fourth-order valence-electron chi connectivity index (χ4n) is 2.72. The van der Waals surface area contributed by atoms with Crippen molar-refractivity contribution in [3.63, 3.8) is 0 Å². The van der Waals surface area contributed by atoms with Crippen LogP contribution in [0.5, 0.6) is 0 Å². The molecule has 0 radical (unpaired) electrons. The van der Waals surface area contributed by atoms with Crippen molar-refractivity contribution in [3.8, 4) is 0 Å². The summed E-state index contributed by atoms with van der Waals surface area (Å²) < 4.78 is 0. The predicted molar refractivity (Wildman–Crippen MR) is 83.6 cm³/mol. The fourth-order valence-corrected chi connectivity index (χ4v) is 2.72. The van der Waals surface area contributed by atoms with Gasteiger partial charge in [-0.05, 0) is 31.0 Å². The van der Waals surface area contributed by atoms with Crippen LogP contribution in [0.4, 0.5) is 0 Å². The van der Waals surface area contributed by atoms with Crippen LogP contribution in [0.1, 0.15) is 33.6 Å². The molecule has 1 aliphatic heterocycles. The number of carbonyl (C=O) groups excluding carboxylic acids is 2. The molecule has 3 rings (SSSR count). The highest BCUT2D eigenvalue weighted by molar-refractivity contribution is 5.95. The summed E-state index contributed by atoms with van der Waals surface area (Å²) in [6.07, 6.45) is 5.04. The Labute approximate surface area is 129 Å². The van der Waals surface area contributed by atoms with Crippen LogP contribution >= 0.6 is 0 Å². The van der Waals surface area contributed by atoms with Crippen LogP contribution in [0, 0.1) is 0 Å². The number of nitrogens with zero attached hydrogens (tertiary/aromatic N) is 1. The third kappa shape index (κ3) is 3.19. The quantitative estimate of drug-likeness (QED) is 0.910. The number of hydrogen-bond donors (Lipinski definition) is 2. The average Bonchev–Trinajstić information content (AvgIpc) is 3.10. The van der Waals surface area contributed by atoms with Crippen molar-refractivity contribution in [1.82, 2.24) is 15.2 Å². The lowest BCUT2D eigenvalue weighted by atomic mass is 10.0. The first-order valence-corrected chi connectivity index (χ1v) is 7.52. The summed E-state index contributed by atoms with van der Waals surface area (Å²) in [6.45, 7) is 1.34. The van der Waals surface area contributed by atoms with Crippen LogP contribution < -0.4 is 5.32 Å². The lowest BCUT2D eigenvalue weighted by Gasteiger charge is -2.32. The fraction of sp³-hybridized carbons (Fsp3) is 0.294. The highest BCUT2D eigenvalue weighted by Gasteiger charge is 2.24. The molecule has 2 aromatic rings. The number of rotatable bonds is 3. The maximum Gasteiger partial charge on any atom is 0.255 e. The summed E-state index contributed by atoms with van der Waals surface area (Å²) in [4.78, 5) is 29.1. The molecule has 1 aromatic heterocycles. The minimum Gasteiger partial charge on any atom is -0.367 e. The zero-order chi connectivity index (χ0) is 15.4. The van der Waals surface area contributed by atoms with Crippen LogP contribution in [0.2, 0.25) is 0 Å². The van der Waals surface area contributed by atoms with E-state index >= 15 is 0 Å². The van der Waals surface area contributed by atoms with Crippen LogP contribution in [-0.2, 0) is 0 Å². The van der Waals surface area contributed by atoms with Gasteiger partial charge in [-0.2, -0.15) is 0 Å². The first kappa shape index (κ1) is 14.4.